The number of anilines is 1. The molecule has 0 bridgehead atoms. The van der Waals surface area contributed by atoms with Crippen LogP contribution in [0, 0.1) is 0 Å². The van der Waals surface area contributed by atoms with E-state index in [0.717, 1.165) is 13.4 Å². The van der Waals surface area contributed by atoms with Crippen molar-refractivity contribution in [3.63, 3.8) is 0 Å². The highest BCUT2D eigenvalue weighted by Crippen LogP contribution is 2.34. The molecule has 2 aromatic heterocycles. The van der Waals surface area contributed by atoms with Gasteiger partial charge in [-0.2, -0.15) is 0 Å². The third kappa shape index (κ3) is 2.41. The van der Waals surface area contributed by atoms with E-state index in [1.165, 1.54) is 0 Å². The van der Waals surface area contributed by atoms with Gasteiger partial charge in [-0.15, -0.1) is 11.3 Å². The largest absolute Gasteiger partial charge is 0.384 e. The number of halogens is 1. The minimum absolute atomic E-state index is 0.540. The maximum absolute atomic E-state index is 5.82. The van der Waals surface area contributed by atoms with E-state index in [9.17, 15) is 0 Å². The Hall–Kier alpha value is -0.710. The van der Waals surface area contributed by atoms with Gasteiger partial charge in [0.15, 0.2) is 0 Å². The van der Waals surface area contributed by atoms with Crippen molar-refractivity contribution in [1.29, 1.82) is 0 Å². The van der Waals surface area contributed by atoms with Crippen molar-refractivity contribution in [2.75, 3.05) is 5.73 Å². The summed E-state index contributed by atoms with van der Waals surface area (Å²) < 4.78 is 1.96. The Morgan fingerprint density at radius 2 is 2.14 bits per heavy atom. The van der Waals surface area contributed by atoms with Gasteiger partial charge < -0.3 is 5.73 Å². The molecule has 5 heteroatoms. The first-order chi connectivity index (χ1) is 6.74. The van der Waals surface area contributed by atoms with Crippen LogP contribution in [0.5, 0.6) is 0 Å². The summed E-state index contributed by atoms with van der Waals surface area (Å²) >= 11 is 9.01. The number of nitrogens with zero attached hydrogens (tertiary/aromatic N) is 1. The monoisotopic (exact) mass is 242 g/mol. The minimum Gasteiger partial charge on any atom is -0.384 e. The lowest BCUT2D eigenvalue weighted by atomic mass is 10.5. The number of hydrogen-bond donors (Lipinski definition) is 1. The average Bonchev–Trinajstić information content (AvgIpc) is 2.56. The Kier molecular flexibility index (Phi) is 2.96. The van der Waals surface area contributed by atoms with Crippen LogP contribution >= 0.6 is 34.7 Å². The predicted octanol–water partition coefficient (Wildman–Crippen LogP) is 3.53. The number of nitrogens with two attached hydrogens (primary N) is 1. The zero-order chi connectivity index (χ0) is 9.97. The van der Waals surface area contributed by atoms with Crippen LogP contribution < -0.4 is 5.73 Å². The van der Waals surface area contributed by atoms with E-state index in [1.54, 1.807) is 35.4 Å². The third-order valence-electron chi connectivity index (χ3n) is 1.53. The van der Waals surface area contributed by atoms with E-state index in [-0.39, 0.29) is 0 Å². The molecule has 2 rings (SSSR count). The van der Waals surface area contributed by atoms with E-state index in [4.69, 9.17) is 17.3 Å². The molecule has 0 fully saturated rings. The standard InChI is InChI=1S/C9H7ClN2S2/c10-7-2-4-9(14-7)13-6-1-3-8(11)12-5-6/h1-5H,(H2,11,12). The fraction of sp³-hybridized carbons (Fsp3) is 0. The topological polar surface area (TPSA) is 38.9 Å². The van der Waals surface area contributed by atoms with Gasteiger partial charge in [-0.05, 0) is 24.3 Å². The second-order valence-corrected chi connectivity index (χ2v) is 5.67. The van der Waals surface area contributed by atoms with E-state index >= 15 is 0 Å². The van der Waals surface area contributed by atoms with Crippen molar-refractivity contribution in [1.82, 2.24) is 4.98 Å². The maximum Gasteiger partial charge on any atom is 0.123 e. The van der Waals surface area contributed by atoms with Crippen LogP contribution in [0.4, 0.5) is 5.82 Å². The molecule has 0 aliphatic heterocycles. The van der Waals surface area contributed by atoms with Crippen LogP contribution in [-0.4, -0.2) is 4.98 Å². The molecule has 0 saturated heterocycles. The normalized spacial score (nSPS) is 10.4. The highest BCUT2D eigenvalue weighted by molar-refractivity contribution is 8.01. The van der Waals surface area contributed by atoms with Gasteiger partial charge in [-0.1, -0.05) is 23.4 Å². The Morgan fingerprint density at radius 1 is 1.29 bits per heavy atom. The van der Waals surface area contributed by atoms with Crippen molar-refractivity contribution < 1.29 is 0 Å². The van der Waals surface area contributed by atoms with Gasteiger partial charge in [0.1, 0.15) is 5.82 Å². The van der Waals surface area contributed by atoms with Crippen molar-refractivity contribution in [3.8, 4) is 0 Å². The number of thiophene rings is 1. The molecule has 0 radical (unpaired) electrons. The average molecular weight is 243 g/mol. The number of pyridine rings is 1. The number of nitrogen functional groups attached to an aromatic ring is 1. The number of aromatic nitrogens is 1. The Balaban J connectivity index is 2.15. The fourth-order valence-electron chi connectivity index (χ4n) is 0.921. The highest BCUT2D eigenvalue weighted by Gasteiger charge is 2.00. The summed E-state index contributed by atoms with van der Waals surface area (Å²) in [5, 5.41) is 0. The summed E-state index contributed by atoms with van der Waals surface area (Å²) in [5.41, 5.74) is 5.49. The number of hydrogen-bond acceptors (Lipinski definition) is 4. The van der Waals surface area contributed by atoms with Crippen LogP contribution in [0.1, 0.15) is 0 Å². The summed E-state index contributed by atoms with van der Waals surface area (Å²) in [5.74, 6) is 0.540. The Morgan fingerprint density at radius 3 is 2.71 bits per heavy atom. The Bertz CT molecular complexity index is 425. The van der Waals surface area contributed by atoms with E-state index in [0.29, 0.717) is 5.82 Å². The fourth-order valence-corrected chi connectivity index (χ4v) is 3.17. The molecule has 14 heavy (non-hydrogen) atoms. The first-order valence-electron chi connectivity index (χ1n) is 3.89. The zero-order valence-electron chi connectivity index (χ0n) is 7.11. The van der Waals surface area contributed by atoms with Crippen molar-refractivity contribution in [3.05, 3.63) is 34.8 Å². The molecule has 72 valence electrons. The Labute approximate surface area is 95.1 Å². The van der Waals surface area contributed by atoms with Gasteiger partial charge in [0.05, 0.1) is 8.55 Å². The first kappa shape index (κ1) is 9.83. The molecular weight excluding hydrogens is 236 g/mol. The zero-order valence-corrected chi connectivity index (χ0v) is 9.49. The van der Waals surface area contributed by atoms with E-state index < -0.39 is 0 Å². The van der Waals surface area contributed by atoms with Crippen LogP contribution in [0.15, 0.2) is 39.6 Å². The van der Waals surface area contributed by atoms with Gasteiger partial charge in [-0.3, -0.25) is 0 Å². The molecule has 2 N–H and O–H groups in total. The van der Waals surface area contributed by atoms with Gasteiger partial charge in [-0.25, -0.2) is 4.98 Å². The molecule has 0 saturated carbocycles. The molecule has 0 amide bonds. The summed E-state index contributed by atoms with van der Waals surface area (Å²) in [6.45, 7) is 0. The number of rotatable bonds is 2. The van der Waals surface area contributed by atoms with Crippen molar-refractivity contribution >= 4 is 40.5 Å². The lowest BCUT2D eigenvalue weighted by Gasteiger charge is -1.97. The molecule has 0 aromatic carbocycles. The summed E-state index contributed by atoms with van der Waals surface area (Å²) in [6.07, 6.45) is 1.76. The molecule has 0 spiro atoms. The van der Waals surface area contributed by atoms with Crippen LogP contribution in [0.25, 0.3) is 0 Å². The first-order valence-corrected chi connectivity index (χ1v) is 5.90. The minimum atomic E-state index is 0.540. The maximum atomic E-state index is 5.82. The lowest BCUT2D eigenvalue weighted by molar-refractivity contribution is 1.25. The van der Waals surface area contributed by atoms with Crippen LogP contribution in [0.3, 0.4) is 0 Å². The third-order valence-corrected chi connectivity index (χ3v) is 3.87. The molecular formula is C9H7ClN2S2. The van der Waals surface area contributed by atoms with Gasteiger partial charge in [0.25, 0.3) is 0 Å². The molecule has 2 aromatic rings. The highest BCUT2D eigenvalue weighted by atomic mass is 35.5. The molecule has 0 atom stereocenters. The summed E-state index contributed by atoms with van der Waals surface area (Å²) in [6, 6.07) is 7.62. The van der Waals surface area contributed by atoms with Crippen LogP contribution in [0.2, 0.25) is 4.34 Å². The molecule has 0 unspecified atom stereocenters. The summed E-state index contributed by atoms with van der Waals surface area (Å²) in [7, 11) is 0. The van der Waals surface area contributed by atoms with Gasteiger partial charge in [0, 0.05) is 11.1 Å². The summed E-state index contributed by atoms with van der Waals surface area (Å²) in [4.78, 5) is 5.08. The van der Waals surface area contributed by atoms with Crippen molar-refractivity contribution in [2.24, 2.45) is 0 Å². The van der Waals surface area contributed by atoms with E-state index in [1.807, 2.05) is 18.2 Å². The second kappa shape index (κ2) is 4.21. The molecule has 2 heterocycles. The van der Waals surface area contributed by atoms with Gasteiger partial charge in [0.2, 0.25) is 0 Å². The predicted molar refractivity (Wildman–Crippen MR) is 62.1 cm³/mol. The van der Waals surface area contributed by atoms with E-state index in [2.05, 4.69) is 4.98 Å². The van der Waals surface area contributed by atoms with Crippen LogP contribution in [-0.2, 0) is 0 Å². The molecule has 2 nitrogen and oxygen atoms in total. The molecule has 0 aliphatic rings. The van der Waals surface area contributed by atoms with Crippen molar-refractivity contribution in [2.45, 2.75) is 9.10 Å². The smallest absolute Gasteiger partial charge is 0.123 e. The van der Waals surface area contributed by atoms with Gasteiger partial charge >= 0.3 is 0 Å². The SMILES string of the molecule is Nc1ccc(Sc2ccc(Cl)s2)cn1. The second-order valence-electron chi connectivity index (χ2n) is 2.58. The quantitative estimate of drug-likeness (QED) is 0.876. The molecule has 0 aliphatic carbocycles. The lowest BCUT2D eigenvalue weighted by Crippen LogP contribution is -1.87.